The van der Waals surface area contributed by atoms with E-state index in [2.05, 4.69) is 22.4 Å². The highest BCUT2D eigenvalue weighted by molar-refractivity contribution is 5.01. The number of hydrogen-bond acceptors (Lipinski definition) is 2. The van der Waals surface area contributed by atoms with Crippen molar-refractivity contribution in [3.05, 3.63) is 18.0 Å². The first-order valence-corrected chi connectivity index (χ1v) is 6.12. The zero-order valence-electron chi connectivity index (χ0n) is 9.76. The van der Waals surface area contributed by atoms with Crippen LogP contribution in [0.25, 0.3) is 0 Å². The Labute approximate surface area is 92.7 Å². The summed E-state index contributed by atoms with van der Waals surface area (Å²) in [5.41, 5.74) is 1.24. The Morgan fingerprint density at radius 2 is 2.00 bits per heavy atom. The van der Waals surface area contributed by atoms with Crippen LogP contribution in [-0.4, -0.2) is 16.7 Å². The maximum absolute atomic E-state index is 3.91. The number of nitrogens with zero attached hydrogens (tertiary/aromatic N) is 1. The molecular formula is C12H23N3. The number of aromatic nitrogens is 2. The van der Waals surface area contributed by atoms with Crippen molar-refractivity contribution >= 4 is 0 Å². The van der Waals surface area contributed by atoms with Gasteiger partial charge in [-0.2, -0.15) is 5.10 Å². The predicted octanol–water partition coefficient (Wildman–Crippen LogP) is 2.86. The summed E-state index contributed by atoms with van der Waals surface area (Å²) in [6.45, 7) is 4.31. The molecule has 3 nitrogen and oxygen atoms in total. The van der Waals surface area contributed by atoms with E-state index in [-0.39, 0.29) is 0 Å². The van der Waals surface area contributed by atoms with Gasteiger partial charge in [0.25, 0.3) is 0 Å². The van der Waals surface area contributed by atoms with Crippen molar-refractivity contribution in [2.24, 2.45) is 0 Å². The Hall–Kier alpha value is -0.830. The fraction of sp³-hybridized carbons (Fsp3) is 0.750. The number of H-pyrrole nitrogens is 1. The van der Waals surface area contributed by atoms with Gasteiger partial charge in [-0.1, -0.05) is 39.0 Å². The average molecular weight is 209 g/mol. The van der Waals surface area contributed by atoms with Crippen LogP contribution in [-0.2, 0) is 6.54 Å². The van der Waals surface area contributed by atoms with E-state index in [1.807, 2.05) is 12.4 Å². The molecule has 0 aromatic carbocycles. The number of hydrogen-bond donors (Lipinski definition) is 2. The van der Waals surface area contributed by atoms with Gasteiger partial charge >= 0.3 is 0 Å². The molecule has 86 valence electrons. The lowest BCUT2D eigenvalue weighted by atomic mass is 10.1. The van der Waals surface area contributed by atoms with Crippen molar-refractivity contribution in [1.29, 1.82) is 0 Å². The third-order valence-corrected chi connectivity index (χ3v) is 2.59. The van der Waals surface area contributed by atoms with Gasteiger partial charge in [0, 0.05) is 18.3 Å². The Balaban J connectivity index is 1.81. The van der Waals surface area contributed by atoms with Gasteiger partial charge in [-0.05, 0) is 13.0 Å². The van der Waals surface area contributed by atoms with Gasteiger partial charge in [-0.3, -0.25) is 5.10 Å². The molecule has 1 rings (SSSR count). The van der Waals surface area contributed by atoms with Gasteiger partial charge < -0.3 is 5.32 Å². The molecule has 0 aliphatic carbocycles. The van der Waals surface area contributed by atoms with Gasteiger partial charge in [0.1, 0.15) is 0 Å². The average Bonchev–Trinajstić information content (AvgIpc) is 2.75. The number of unbranched alkanes of at least 4 members (excludes halogenated alkanes) is 5. The first-order chi connectivity index (χ1) is 7.43. The lowest BCUT2D eigenvalue weighted by molar-refractivity contribution is 0.572. The summed E-state index contributed by atoms with van der Waals surface area (Å²) in [5, 5.41) is 10.1. The molecule has 0 atom stereocenters. The van der Waals surface area contributed by atoms with E-state index >= 15 is 0 Å². The highest BCUT2D eigenvalue weighted by Gasteiger charge is 1.93. The number of aromatic amines is 1. The van der Waals surface area contributed by atoms with Crippen LogP contribution in [0.1, 0.15) is 51.0 Å². The minimum atomic E-state index is 0.936. The summed E-state index contributed by atoms with van der Waals surface area (Å²) >= 11 is 0. The first-order valence-electron chi connectivity index (χ1n) is 6.12. The molecule has 0 saturated heterocycles. The third-order valence-electron chi connectivity index (χ3n) is 2.59. The second-order valence-corrected chi connectivity index (χ2v) is 4.05. The molecule has 2 N–H and O–H groups in total. The quantitative estimate of drug-likeness (QED) is 0.614. The van der Waals surface area contributed by atoms with E-state index in [1.165, 1.54) is 44.1 Å². The molecule has 0 spiro atoms. The molecule has 15 heavy (non-hydrogen) atoms. The lowest BCUT2D eigenvalue weighted by Gasteiger charge is -2.02. The first kappa shape index (κ1) is 12.2. The molecule has 3 heteroatoms. The monoisotopic (exact) mass is 209 g/mol. The molecule has 0 fully saturated rings. The van der Waals surface area contributed by atoms with Crippen molar-refractivity contribution in [3.8, 4) is 0 Å². The molecule has 0 amide bonds. The minimum Gasteiger partial charge on any atom is -0.313 e. The minimum absolute atomic E-state index is 0.936. The fourth-order valence-corrected chi connectivity index (χ4v) is 1.64. The molecule has 1 aromatic heterocycles. The highest BCUT2D eigenvalue weighted by Crippen LogP contribution is 2.04. The lowest BCUT2D eigenvalue weighted by Crippen LogP contribution is -2.14. The molecule has 0 unspecified atom stereocenters. The van der Waals surface area contributed by atoms with Crippen molar-refractivity contribution in [2.45, 2.75) is 52.0 Å². The van der Waals surface area contributed by atoms with Crippen LogP contribution in [0.5, 0.6) is 0 Å². The standard InChI is InChI=1S/C12H23N3/c1-2-3-4-5-6-7-8-13-9-12-10-14-15-11-12/h10-11,13H,2-9H2,1H3,(H,14,15). The van der Waals surface area contributed by atoms with Crippen LogP contribution in [0.3, 0.4) is 0 Å². The summed E-state index contributed by atoms with van der Waals surface area (Å²) in [6, 6.07) is 0. The van der Waals surface area contributed by atoms with E-state index < -0.39 is 0 Å². The maximum Gasteiger partial charge on any atom is 0.0532 e. The van der Waals surface area contributed by atoms with Gasteiger partial charge in [0.05, 0.1) is 6.20 Å². The van der Waals surface area contributed by atoms with Crippen LogP contribution >= 0.6 is 0 Å². The zero-order chi connectivity index (χ0) is 10.8. The van der Waals surface area contributed by atoms with Crippen molar-refractivity contribution in [1.82, 2.24) is 15.5 Å². The summed E-state index contributed by atoms with van der Waals surface area (Å²) in [7, 11) is 0. The normalized spacial score (nSPS) is 10.7. The largest absolute Gasteiger partial charge is 0.313 e. The molecule has 0 aliphatic heterocycles. The summed E-state index contributed by atoms with van der Waals surface area (Å²) < 4.78 is 0. The Kier molecular flexibility index (Phi) is 6.92. The zero-order valence-corrected chi connectivity index (χ0v) is 9.76. The van der Waals surface area contributed by atoms with Gasteiger partial charge in [-0.25, -0.2) is 0 Å². The van der Waals surface area contributed by atoms with Crippen LogP contribution in [0.2, 0.25) is 0 Å². The Bertz CT molecular complexity index is 219. The van der Waals surface area contributed by atoms with Gasteiger partial charge in [0.2, 0.25) is 0 Å². The van der Waals surface area contributed by atoms with Gasteiger partial charge in [-0.15, -0.1) is 0 Å². The second-order valence-electron chi connectivity index (χ2n) is 4.05. The topological polar surface area (TPSA) is 40.7 Å². The van der Waals surface area contributed by atoms with Crippen molar-refractivity contribution in [3.63, 3.8) is 0 Å². The van der Waals surface area contributed by atoms with Crippen LogP contribution in [0.15, 0.2) is 12.4 Å². The summed E-state index contributed by atoms with van der Waals surface area (Å²) in [6.07, 6.45) is 12.0. The van der Waals surface area contributed by atoms with Gasteiger partial charge in [0.15, 0.2) is 0 Å². The fourth-order valence-electron chi connectivity index (χ4n) is 1.64. The summed E-state index contributed by atoms with van der Waals surface area (Å²) in [5.74, 6) is 0. The van der Waals surface area contributed by atoms with Crippen molar-refractivity contribution in [2.75, 3.05) is 6.54 Å². The Morgan fingerprint density at radius 3 is 2.73 bits per heavy atom. The molecular weight excluding hydrogens is 186 g/mol. The van der Waals surface area contributed by atoms with E-state index in [0.717, 1.165) is 13.1 Å². The SMILES string of the molecule is CCCCCCCCNCc1cn[nH]c1. The van der Waals surface area contributed by atoms with E-state index in [4.69, 9.17) is 0 Å². The Morgan fingerprint density at radius 1 is 1.20 bits per heavy atom. The molecule has 1 aromatic rings. The van der Waals surface area contributed by atoms with Crippen LogP contribution in [0.4, 0.5) is 0 Å². The molecule has 0 saturated carbocycles. The maximum atomic E-state index is 3.91. The predicted molar refractivity (Wildman–Crippen MR) is 63.7 cm³/mol. The number of rotatable bonds is 9. The van der Waals surface area contributed by atoms with Crippen LogP contribution in [0, 0.1) is 0 Å². The molecule has 0 aliphatic rings. The third kappa shape index (κ3) is 6.28. The smallest absolute Gasteiger partial charge is 0.0532 e. The highest BCUT2D eigenvalue weighted by atomic mass is 15.1. The second kappa shape index (κ2) is 8.48. The van der Waals surface area contributed by atoms with Crippen LogP contribution < -0.4 is 5.32 Å². The molecule has 0 bridgehead atoms. The van der Waals surface area contributed by atoms with Crippen molar-refractivity contribution < 1.29 is 0 Å². The van der Waals surface area contributed by atoms with E-state index in [1.54, 1.807) is 0 Å². The summed E-state index contributed by atoms with van der Waals surface area (Å²) in [4.78, 5) is 0. The molecule has 1 heterocycles. The van der Waals surface area contributed by atoms with E-state index in [0.29, 0.717) is 0 Å². The van der Waals surface area contributed by atoms with E-state index in [9.17, 15) is 0 Å². The molecule has 0 radical (unpaired) electrons. The number of nitrogens with one attached hydrogen (secondary N) is 2.